The predicted molar refractivity (Wildman–Crippen MR) is 119 cm³/mol. The molecule has 0 aliphatic carbocycles. The molecule has 5 rings (SSSR count). The largest absolute Gasteiger partial charge is 0.417 e. The highest BCUT2D eigenvalue weighted by Gasteiger charge is 2.36. The number of hydrogen-bond acceptors (Lipinski definition) is 7. The van der Waals surface area contributed by atoms with Gasteiger partial charge in [0.25, 0.3) is 5.91 Å². The lowest BCUT2D eigenvalue weighted by Gasteiger charge is -2.33. The maximum absolute atomic E-state index is 13.5. The first-order valence-electron chi connectivity index (χ1n) is 10.9. The number of hydrazone groups is 1. The lowest BCUT2D eigenvalue weighted by molar-refractivity contribution is -0.137. The van der Waals surface area contributed by atoms with E-state index in [0.717, 1.165) is 11.8 Å². The summed E-state index contributed by atoms with van der Waals surface area (Å²) in [5.74, 6) is 0.138. The van der Waals surface area contributed by atoms with Gasteiger partial charge in [-0.15, -0.1) is 0 Å². The lowest BCUT2D eigenvalue weighted by atomic mass is 10.0. The Morgan fingerprint density at radius 2 is 1.97 bits per heavy atom. The van der Waals surface area contributed by atoms with Crippen molar-refractivity contribution in [1.29, 1.82) is 0 Å². The Labute approximate surface area is 194 Å². The minimum absolute atomic E-state index is 0.0484. The number of hydrogen-bond donors (Lipinski definition) is 3. The summed E-state index contributed by atoms with van der Waals surface area (Å²) in [6.45, 7) is 3.18. The van der Waals surface area contributed by atoms with E-state index in [1.54, 1.807) is 6.08 Å². The molecular formula is C23H23F3N6O2. The van der Waals surface area contributed by atoms with Crippen molar-refractivity contribution >= 4 is 11.6 Å². The third-order valence-corrected chi connectivity index (χ3v) is 5.81. The van der Waals surface area contributed by atoms with Gasteiger partial charge < -0.3 is 25.6 Å². The van der Waals surface area contributed by atoms with Crippen LogP contribution < -0.4 is 16.0 Å². The van der Waals surface area contributed by atoms with Gasteiger partial charge in [-0.1, -0.05) is 24.3 Å². The summed E-state index contributed by atoms with van der Waals surface area (Å²) in [6, 6.07) is 5.26. The number of nitrogens with one attached hydrogen (secondary N) is 3. The van der Waals surface area contributed by atoms with Gasteiger partial charge in [-0.25, -0.2) is 5.01 Å². The van der Waals surface area contributed by atoms with Gasteiger partial charge in [0, 0.05) is 31.4 Å². The third kappa shape index (κ3) is 4.26. The number of fused-ring (bicyclic) bond motifs is 1. The highest BCUT2D eigenvalue weighted by atomic mass is 19.4. The number of rotatable bonds is 4. The molecule has 4 heterocycles. The molecule has 1 aromatic rings. The normalized spacial score (nSPS) is 22.0. The van der Waals surface area contributed by atoms with Gasteiger partial charge in [0.05, 0.1) is 30.2 Å². The maximum atomic E-state index is 13.5. The van der Waals surface area contributed by atoms with Crippen LogP contribution in [0.1, 0.15) is 11.1 Å². The van der Waals surface area contributed by atoms with Crippen LogP contribution in [0.4, 0.5) is 13.2 Å². The van der Waals surface area contributed by atoms with Crippen molar-refractivity contribution in [3.8, 4) is 0 Å². The second-order valence-corrected chi connectivity index (χ2v) is 7.97. The number of halogens is 3. The van der Waals surface area contributed by atoms with Crippen LogP contribution >= 0.6 is 0 Å². The van der Waals surface area contributed by atoms with Crippen LogP contribution in [-0.2, 0) is 15.7 Å². The van der Waals surface area contributed by atoms with E-state index in [-0.39, 0.29) is 17.0 Å². The summed E-state index contributed by atoms with van der Waals surface area (Å²) in [4.78, 5) is 15.3. The van der Waals surface area contributed by atoms with Crippen molar-refractivity contribution in [2.75, 3.05) is 32.8 Å². The molecule has 1 fully saturated rings. The van der Waals surface area contributed by atoms with Crippen LogP contribution in [0, 0.1) is 0 Å². The molecule has 3 N–H and O–H groups in total. The molecule has 8 nitrogen and oxygen atoms in total. The van der Waals surface area contributed by atoms with Gasteiger partial charge in [0.2, 0.25) is 0 Å². The van der Waals surface area contributed by atoms with Gasteiger partial charge in [0.15, 0.2) is 0 Å². The van der Waals surface area contributed by atoms with E-state index in [9.17, 15) is 18.0 Å². The summed E-state index contributed by atoms with van der Waals surface area (Å²) >= 11 is 0. The number of alkyl halides is 3. The van der Waals surface area contributed by atoms with E-state index in [1.807, 2.05) is 12.2 Å². The van der Waals surface area contributed by atoms with Crippen LogP contribution in [0.2, 0.25) is 0 Å². The fourth-order valence-electron chi connectivity index (χ4n) is 4.16. The summed E-state index contributed by atoms with van der Waals surface area (Å²) < 4.78 is 46.0. The first-order chi connectivity index (χ1) is 16.4. The molecule has 1 unspecified atom stereocenters. The standard InChI is InChI=1S/C23H23F3N6O2/c24-23(25,26)16-5-2-1-4-15(16)17-7-8-20-28-14-19(32(20)30-17)22(33)29-21-18(6-3-9-27-21)31-10-12-34-13-11-31/h1-8,14,20,27-28H,9-13H2,(H,29,33). The van der Waals surface area contributed by atoms with Gasteiger partial charge in [-0.2, -0.15) is 18.3 Å². The lowest BCUT2D eigenvalue weighted by Crippen LogP contribution is -2.44. The zero-order chi connectivity index (χ0) is 23.7. The van der Waals surface area contributed by atoms with Crippen LogP contribution in [0.25, 0.3) is 0 Å². The van der Waals surface area contributed by atoms with Crippen LogP contribution in [0.5, 0.6) is 0 Å². The Morgan fingerprint density at radius 3 is 2.76 bits per heavy atom. The SMILES string of the molecule is O=C(NC1=C(N2CCOCC2)C=CCN1)C1=CNC2C=CC(c3ccccc3C(F)(F)F)=NN12. The quantitative estimate of drug-likeness (QED) is 0.621. The smallest absolute Gasteiger partial charge is 0.378 e. The molecule has 0 aromatic heterocycles. The molecule has 0 saturated carbocycles. The number of carbonyl (C=O) groups is 1. The van der Waals surface area contributed by atoms with E-state index in [2.05, 4.69) is 26.0 Å². The second-order valence-electron chi connectivity index (χ2n) is 7.97. The van der Waals surface area contributed by atoms with Crippen LogP contribution in [-0.4, -0.2) is 60.5 Å². The topological polar surface area (TPSA) is 81.2 Å². The van der Waals surface area contributed by atoms with Crippen molar-refractivity contribution in [1.82, 2.24) is 25.9 Å². The molecule has 0 spiro atoms. The molecule has 4 aliphatic rings. The molecule has 11 heteroatoms. The number of morpholine rings is 1. The third-order valence-electron chi connectivity index (χ3n) is 5.81. The predicted octanol–water partition coefficient (Wildman–Crippen LogP) is 1.83. The number of amides is 1. The Morgan fingerprint density at radius 1 is 1.18 bits per heavy atom. The fraction of sp³-hybridized carbons (Fsp3) is 0.304. The van der Waals surface area contributed by atoms with Crippen LogP contribution in [0.15, 0.2) is 77.1 Å². The number of carbonyl (C=O) groups excluding carboxylic acids is 1. The number of ether oxygens (including phenoxy) is 1. The number of nitrogens with zero attached hydrogens (tertiary/aromatic N) is 3. The Kier molecular flexibility index (Phi) is 5.78. The van der Waals surface area contributed by atoms with E-state index < -0.39 is 23.8 Å². The molecule has 4 aliphatic heterocycles. The van der Waals surface area contributed by atoms with E-state index >= 15 is 0 Å². The molecular weight excluding hydrogens is 449 g/mol. The molecule has 1 aromatic carbocycles. The molecule has 1 amide bonds. The van der Waals surface area contributed by atoms with Crippen molar-refractivity contribution in [3.63, 3.8) is 0 Å². The molecule has 34 heavy (non-hydrogen) atoms. The fourth-order valence-corrected chi connectivity index (χ4v) is 4.16. The first-order valence-corrected chi connectivity index (χ1v) is 10.9. The number of allylic oxidation sites excluding steroid dienone is 2. The molecule has 0 bridgehead atoms. The molecule has 1 saturated heterocycles. The van der Waals surface area contributed by atoms with Crippen LogP contribution in [0.3, 0.4) is 0 Å². The van der Waals surface area contributed by atoms with Gasteiger partial charge in [-0.05, 0) is 24.3 Å². The minimum atomic E-state index is -4.52. The van der Waals surface area contributed by atoms with E-state index in [4.69, 9.17) is 4.74 Å². The number of dihydropyridines is 1. The Balaban J connectivity index is 1.39. The summed E-state index contributed by atoms with van der Waals surface area (Å²) in [5, 5.41) is 14.9. The van der Waals surface area contributed by atoms with Gasteiger partial charge in [-0.3, -0.25) is 4.79 Å². The van der Waals surface area contributed by atoms with E-state index in [1.165, 1.54) is 35.5 Å². The number of benzene rings is 1. The zero-order valence-corrected chi connectivity index (χ0v) is 18.1. The summed E-state index contributed by atoms with van der Waals surface area (Å²) in [5.41, 5.74) is 0.345. The molecule has 178 valence electrons. The van der Waals surface area contributed by atoms with Crippen molar-refractivity contribution in [2.24, 2.45) is 5.10 Å². The Bertz CT molecular complexity index is 1130. The first kappa shape index (κ1) is 22.1. The summed E-state index contributed by atoms with van der Waals surface area (Å²) in [6.07, 6.45) is 3.65. The minimum Gasteiger partial charge on any atom is -0.378 e. The highest BCUT2D eigenvalue weighted by molar-refractivity contribution is 6.10. The zero-order valence-electron chi connectivity index (χ0n) is 18.1. The van der Waals surface area contributed by atoms with Gasteiger partial charge >= 0.3 is 6.18 Å². The monoisotopic (exact) mass is 472 g/mol. The van der Waals surface area contributed by atoms with Crippen molar-refractivity contribution < 1.29 is 22.7 Å². The summed E-state index contributed by atoms with van der Waals surface area (Å²) in [7, 11) is 0. The average Bonchev–Trinajstić information content (AvgIpc) is 3.28. The van der Waals surface area contributed by atoms with Crippen molar-refractivity contribution in [3.05, 3.63) is 83.1 Å². The molecule has 1 atom stereocenters. The Hall–Kier alpha value is -3.73. The van der Waals surface area contributed by atoms with Crippen molar-refractivity contribution in [2.45, 2.75) is 12.3 Å². The maximum Gasteiger partial charge on any atom is 0.417 e. The second kappa shape index (κ2) is 8.90. The van der Waals surface area contributed by atoms with E-state index in [0.29, 0.717) is 38.7 Å². The van der Waals surface area contributed by atoms with Gasteiger partial charge in [0.1, 0.15) is 17.7 Å². The molecule has 0 radical (unpaired) electrons. The average molecular weight is 472 g/mol. The highest BCUT2D eigenvalue weighted by Crippen LogP contribution is 2.33.